The van der Waals surface area contributed by atoms with Gasteiger partial charge in [-0.15, -0.1) is 0 Å². The maximum atomic E-state index is 10.3. The number of hydrogen-bond donors (Lipinski definition) is 1. The van der Waals surface area contributed by atoms with Crippen molar-refractivity contribution in [3.8, 4) is 0 Å². The number of benzene rings is 2. The predicted molar refractivity (Wildman–Crippen MR) is 257 cm³/mol. The van der Waals surface area contributed by atoms with Crippen LogP contribution in [-0.2, 0) is 0 Å². The summed E-state index contributed by atoms with van der Waals surface area (Å²) < 4.78 is 4.90. The molecule has 0 saturated carbocycles. The largest absolute Gasteiger partial charge is 0.870 e. The third-order valence-electron chi connectivity index (χ3n) is 10.1. The van der Waals surface area contributed by atoms with Gasteiger partial charge in [0.25, 0.3) is 0 Å². The standard InChI is InChI=1S/2C16H36N.2C7H5IO2.CH4.H2O/c2*1-5-9-13-17(14-10-6-2,15-11-7-3)16-12-8-4;2*8-6-3-1-5(2-4-6)7(9)10;;/h2*5-16H2,1-4H3;2*1-4H,(H,9,10);1H4;1H2/q2*+1;;;;/p-2. The molecule has 0 atom stereocenters. The topological polar surface area (TPSA) is 107 Å². The molecule has 2 aromatic rings. The van der Waals surface area contributed by atoms with E-state index in [9.17, 15) is 14.7 Å². The minimum absolute atomic E-state index is 0. The number of nitrogens with zero attached hydrogens (tertiary/aromatic N) is 2. The van der Waals surface area contributed by atoms with E-state index in [1.54, 1.807) is 36.4 Å². The van der Waals surface area contributed by atoms with Gasteiger partial charge in [-0.25, -0.2) is 4.79 Å². The Kier molecular flexibility index (Phi) is 44.4. The molecule has 0 aromatic heterocycles. The quantitative estimate of drug-likeness (QED) is 0.0746. The Morgan fingerprint density at radius 2 is 0.661 bits per heavy atom. The minimum Gasteiger partial charge on any atom is -0.870 e. The van der Waals surface area contributed by atoms with E-state index in [0.29, 0.717) is 5.56 Å². The normalized spacial score (nSPS) is 10.6. The molecular weight excluding hydrogens is 926 g/mol. The first-order valence-electron chi connectivity index (χ1n) is 21.5. The van der Waals surface area contributed by atoms with Gasteiger partial charge >= 0.3 is 5.97 Å². The number of carbonyl (C=O) groups excluding carboxylic acids is 1. The van der Waals surface area contributed by atoms with Gasteiger partial charge in [-0.05, 0) is 139 Å². The molecule has 0 aliphatic carbocycles. The lowest BCUT2D eigenvalue weighted by atomic mass is 10.1. The van der Waals surface area contributed by atoms with E-state index in [-0.39, 0.29) is 18.5 Å². The third-order valence-corrected chi connectivity index (χ3v) is 11.5. The van der Waals surface area contributed by atoms with Crippen molar-refractivity contribution in [1.29, 1.82) is 0 Å². The molecule has 0 bridgehead atoms. The Balaban J connectivity index is -0.000000326. The van der Waals surface area contributed by atoms with Gasteiger partial charge in [0, 0.05) is 7.14 Å². The molecule has 7 nitrogen and oxygen atoms in total. The van der Waals surface area contributed by atoms with Crippen molar-refractivity contribution in [3.05, 3.63) is 66.8 Å². The fourth-order valence-corrected chi connectivity index (χ4v) is 7.19. The smallest absolute Gasteiger partial charge is 0.335 e. The van der Waals surface area contributed by atoms with Crippen molar-refractivity contribution >= 4 is 57.1 Å². The van der Waals surface area contributed by atoms with Gasteiger partial charge in [0.2, 0.25) is 0 Å². The molecule has 0 aliphatic heterocycles. The number of aromatic carboxylic acids is 2. The van der Waals surface area contributed by atoms with E-state index in [1.807, 2.05) is 0 Å². The predicted octanol–water partition coefficient (Wildman–Crippen LogP) is 13.1. The molecule has 0 spiro atoms. The fourth-order valence-electron chi connectivity index (χ4n) is 6.47. The van der Waals surface area contributed by atoms with Crippen molar-refractivity contribution in [3.63, 3.8) is 0 Å². The molecule has 0 heterocycles. The van der Waals surface area contributed by atoms with Crippen molar-refractivity contribution in [2.75, 3.05) is 52.4 Å². The van der Waals surface area contributed by atoms with E-state index in [0.717, 1.165) is 7.14 Å². The average Bonchev–Trinajstić information content (AvgIpc) is 3.18. The Morgan fingerprint density at radius 1 is 0.464 bits per heavy atom. The molecule has 2 N–H and O–H groups in total. The fraction of sp³-hybridized carbons (Fsp3) is 0.702. The van der Waals surface area contributed by atoms with Crippen LogP contribution in [-0.4, -0.2) is 83.8 Å². The summed E-state index contributed by atoms with van der Waals surface area (Å²) in [7, 11) is 0. The number of carbonyl (C=O) groups is 2. The molecule has 0 amide bonds. The highest BCUT2D eigenvalue weighted by Gasteiger charge is 2.25. The maximum Gasteiger partial charge on any atom is 0.335 e. The van der Waals surface area contributed by atoms with Crippen LogP contribution in [0.2, 0.25) is 0 Å². The summed E-state index contributed by atoms with van der Waals surface area (Å²) in [5, 5.41) is 18.7. The number of quaternary nitrogens is 2. The van der Waals surface area contributed by atoms with Crippen molar-refractivity contribution in [2.24, 2.45) is 0 Å². The van der Waals surface area contributed by atoms with E-state index in [4.69, 9.17) is 5.11 Å². The van der Waals surface area contributed by atoms with Crippen LogP contribution in [0.5, 0.6) is 0 Å². The minimum atomic E-state index is -1.13. The van der Waals surface area contributed by atoms with Crippen LogP contribution in [0.1, 0.15) is 186 Å². The van der Waals surface area contributed by atoms with Gasteiger partial charge < -0.3 is 29.4 Å². The zero-order valence-electron chi connectivity index (χ0n) is 36.4. The monoisotopic (exact) mass is 1010 g/mol. The van der Waals surface area contributed by atoms with E-state index in [2.05, 4.69) is 101 Å². The summed E-state index contributed by atoms with van der Waals surface area (Å²) in [4.78, 5) is 20.5. The summed E-state index contributed by atoms with van der Waals surface area (Å²) in [5.74, 6) is -2.01. The number of halogens is 2. The molecule has 0 unspecified atom stereocenters. The van der Waals surface area contributed by atoms with Gasteiger partial charge in [-0.1, -0.05) is 126 Å². The Labute approximate surface area is 373 Å². The van der Waals surface area contributed by atoms with Crippen LogP contribution < -0.4 is 5.11 Å². The van der Waals surface area contributed by atoms with Crippen LogP contribution in [0, 0.1) is 7.14 Å². The molecule has 0 fully saturated rings. The summed E-state index contributed by atoms with van der Waals surface area (Å²) in [5.41, 5.74) is 0.556. The second-order valence-electron chi connectivity index (χ2n) is 14.9. The lowest BCUT2D eigenvalue weighted by molar-refractivity contribution is -0.929. The number of unbranched alkanes of at least 4 members (excludes halogenated alkanes) is 8. The maximum absolute atomic E-state index is 10.3. The first-order valence-corrected chi connectivity index (χ1v) is 23.7. The van der Waals surface area contributed by atoms with Crippen LogP contribution in [0.4, 0.5) is 0 Å². The molecule has 56 heavy (non-hydrogen) atoms. The van der Waals surface area contributed by atoms with E-state index >= 15 is 0 Å². The molecule has 2 aromatic carbocycles. The lowest BCUT2D eigenvalue weighted by Crippen LogP contribution is -2.50. The zero-order valence-corrected chi connectivity index (χ0v) is 40.7. The van der Waals surface area contributed by atoms with Crippen LogP contribution >= 0.6 is 45.2 Å². The van der Waals surface area contributed by atoms with Crippen molar-refractivity contribution in [2.45, 2.75) is 166 Å². The van der Waals surface area contributed by atoms with Crippen LogP contribution in [0.3, 0.4) is 0 Å². The van der Waals surface area contributed by atoms with Crippen LogP contribution in [0.15, 0.2) is 48.5 Å². The summed E-state index contributed by atoms with van der Waals surface area (Å²) in [6.45, 7) is 30.0. The molecule has 0 saturated heterocycles. The van der Waals surface area contributed by atoms with Gasteiger partial charge in [-0.2, -0.15) is 0 Å². The van der Waals surface area contributed by atoms with Gasteiger partial charge in [0.05, 0.1) is 63.9 Å². The molecule has 2 rings (SSSR count). The third kappa shape index (κ3) is 31.7. The Hall–Kier alpha value is -1.28. The number of rotatable bonds is 26. The number of hydrogen-bond acceptors (Lipinski definition) is 4. The SMILES string of the molecule is C.CCCC[N+](CCCC)(CCCC)CCCC.CCCC[N+](CCCC)(CCCC)CCCC.O=C(O)c1ccc(I)cc1.O=C([O-])c1ccc(I)cc1.[OH-]. The highest BCUT2D eigenvalue weighted by molar-refractivity contribution is 14.1. The molecule has 328 valence electrons. The zero-order chi connectivity index (χ0) is 41.1. The van der Waals surface area contributed by atoms with Gasteiger partial charge in [-0.3, -0.25) is 0 Å². The highest BCUT2D eigenvalue weighted by Crippen LogP contribution is 2.18. The summed E-state index contributed by atoms with van der Waals surface area (Å²) in [6, 6.07) is 13.2. The Morgan fingerprint density at radius 3 is 0.821 bits per heavy atom. The van der Waals surface area contributed by atoms with E-state index in [1.165, 1.54) is 176 Å². The molecule has 0 radical (unpaired) electrons. The molecule has 0 aliphatic rings. The van der Waals surface area contributed by atoms with Crippen LogP contribution in [0.25, 0.3) is 0 Å². The summed E-state index contributed by atoms with van der Waals surface area (Å²) in [6.07, 6.45) is 22.1. The molecular formula is C47H86I2N2O5. The average molecular weight is 1010 g/mol. The number of carboxylic acids is 2. The van der Waals surface area contributed by atoms with Gasteiger partial charge in [0.1, 0.15) is 0 Å². The van der Waals surface area contributed by atoms with Crippen molar-refractivity contribution < 1.29 is 34.2 Å². The second kappa shape index (κ2) is 40.5. The van der Waals surface area contributed by atoms with Gasteiger partial charge in [0.15, 0.2) is 0 Å². The lowest BCUT2D eigenvalue weighted by Gasteiger charge is -2.39. The first-order chi connectivity index (χ1) is 25.9. The van der Waals surface area contributed by atoms with E-state index < -0.39 is 11.9 Å². The Bertz CT molecular complexity index is 996. The first kappa shape index (κ1) is 61.4. The summed E-state index contributed by atoms with van der Waals surface area (Å²) >= 11 is 4.23. The highest BCUT2D eigenvalue weighted by atomic mass is 127. The second-order valence-corrected chi connectivity index (χ2v) is 17.4. The number of carboxylic acid groups (broad SMARTS) is 2. The van der Waals surface area contributed by atoms with Crippen molar-refractivity contribution in [1.82, 2.24) is 0 Å². The molecule has 9 heteroatoms.